The number of carboxylic acids is 2. The number of aliphatic hydroxyl groups is 1. The molecule has 0 radical (unpaired) electrons. The fraction of sp³-hybridized carbons (Fsp3) is 0.333. The minimum Gasteiger partial charge on any atom is -0.504 e. The number of aliphatic carboxylic acids is 2. The first-order valence-corrected chi connectivity index (χ1v) is 5.36. The van der Waals surface area contributed by atoms with Crippen LogP contribution in [0, 0.1) is 0 Å². The number of hydrogen-bond acceptors (Lipinski definition) is 5. The van der Waals surface area contributed by atoms with Gasteiger partial charge in [-0.05, 0) is 18.6 Å². The average molecular weight is 274 g/mol. The van der Waals surface area contributed by atoms with Gasteiger partial charge in [-0.3, -0.25) is 9.59 Å². The Balaban J connectivity index is 0. The summed E-state index contributed by atoms with van der Waals surface area (Å²) in [5.41, 5.74) is 0. The highest BCUT2D eigenvalue weighted by Gasteiger charge is 2.01. The summed E-state index contributed by atoms with van der Waals surface area (Å²) in [6, 6.07) is 6.15. The first-order valence-electron chi connectivity index (χ1n) is 5.36. The molecular weight excluding hydrogens is 256 g/mol. The SMILES string of the molecule is CCCO.O=C(O)CC(=O)O.Oc1ccccc1O. The molecule has 7 nitrogen and oxygen atoms in total. The molecule has 0 atom stereocenters. The summed E-state index contributed by atoms with van der Waals surface area (Å²) >= 11 is 0. The van der Waals surface area contributed by atoms with Crippen LogP contribution in [0.5, 0.6) is 11.5 Å². The Morgan fingerprint density at radius 3 is 1.42 bits per heavy atom. The van der Waals surface area contributed by atoms with Crippen LogP contribution in [0.2, 0.25) is 0 Å². The summed E-state index contributed by atoms with van der Waals surface area (Å²) in [7, 11) is 0. The van der Waals surface area contributed by atoms with Crippen molar-refractivity contribution in [2.75, 3.05) is 6.61 Å². The van der Waals surface area contributed by atoms with Crippen LogP contribution >= 0.6 is 0 Å². The van der Waals surface area contributed by atoms with Crippen LogP contribution in [-0.4, -0.2) is 44.1 Å². The third-order valence-electron chi connectivity index (χ3n) is 1.41. The standard InChI is InChI=1S/C6H6O2.C3H4O4.C3H8O/c7-5-3-1-2-4-6(5)8;4-2(5)1-3(6)7;1-2-3-4/h1-4,7-8H;1H2,(H,4,5)(H,6,7);4H,2-3H2,1H3. The smallest absolute Gasteiger partial charge is 0.314 e. The molecule has 0 amide bonds. The van der Waals surface area contributed by atoms with Gasteiger partial charge in [0.1, 0.15) is 6.42 Å². The summed E-state index contributed by atoms with van der Waals surface area (Å²) in [5, 5.41) is 40.6. The fourth-order valence-electron chi connectivity index (χ4n) is 0.594. The van der Waals surface area contributed by atoms with Crippen LogP contribution in [0.25, 0.3) is 0 Å². The number of para-hydroxylation sites is 2. The van der Waals surface area contributed by atoms with Gasteiger partial charge < -0.3 is 25.5 Å². The molecule has 19 heavy (non-hydrogen) atoms. The number of benzene rings is 1. The molecule has 1 aromatic rings. The van der Waals surface area contributed by atoms with E-state index in [1.54, 1.807) is 12.1 Å². The number of hydrogen-bond donors (Lipinski definition) is 5. The van der Waals surface area contributed by atoms with E-state index in [1.807, 2.05) is 6.92 Å². The topological polar surface area (TPSA) is 135 Å². The van der Waals surface area contributed by atoms with E-state index in [2.05, 4.69) is 0 Å². The Bertz CT molecular complexity index is 341. The highest BCUT2D eigenvalue weighted by atomic mass is 16.4. The van der Waals surface area contributed by atoms with Crippen molar-refractivity contribution in [1.29, 1.82) is 0 Å². The molecule has 0 heterocycles. The van der Waals surface area contributed by atoms with Crippen LogP contribution in [0.3, 0.4) is 0 Å². The molecule has 5 N–H and O–H groups in total. The second kappa shape index (κ2) is 12.2. The van der Waals surface area contributed by atoms with Gasteiger partial charge in [0.25, 0.3) is 0 Å². The molecule has 0 aromatic heterocycles. The zero-order valence-corrected chi connectivity index (χ0v) is 10.5. The molecular formula is C12H18O7. The van der Waals surface area contributed by atoms with Gasteiger partial charge >= 0.3 is 11.9 Å². The number of carbonyl (C=O) groups is 2. The van der Waals surface area contributed by atoms with E-state index in [-0.39, 0.29) is 11.5 Å². The molecule has 0 fully saturated rings. The monoisotopic (exact) mass is 274 g/mol. The van der Waals surface area contributed by atoms with Crippen molar-refractivity contribution in [3.63, 3.8) is 0 Å². The second-order valence-electron chi connectivity index (χ2n) is 3.18. The average Bonchev–Trinajstić information content (AvgIpc) is 2.32. The van der Waals surface area contributed by atoms with Crippen LogP contribution in [0.15, 0.2) is 24.3 Å². The van der Waals surface area contributed by atoms with Gasteiger partial charge in [-0.1, -0.05) is 19.1 Å². The highest BCUT2D eigenvalue weighted by molar-refractivity contribution is 5.88. The first-order chi connectivity index (χ1) is 8.84. The van der Waals surface area contributed by atoms with Gasteiger partial charge in [0.2, 0.25) is 0 Å². The van der Waals surface area contributed by atoms with Crippen molar-refractivity contribution in [1.82, 2.24) is 0 Å². The number of phenols is 2. The molecule has 0 unspecified atom stereocenters. The lowest BCUT2D eigenvalue weighted by Crippen LogP contribution is -2.03. The fourth-order valence-corrected chi connectivity index (χ4v) is 0.594. The van der Waals surface area contributed by atoms with Crippen molar-refractivity contribution in [2.24, 2.45) is 0 Å². The van der Waals surface area contributed by atoms with E-state index in [1.165, 1.54) is 12.1 Å². The van der Waals surface area contributed by atoms with E-state index >= 15 is 0 Å². The maximum atomic E-state index is 9.43. The second-order valence-corrected chi connectivity index (χ2v) is 3.18. The lowest BCUT2D eigenvalue weighted by Gasteiger charge is -1.91. The van der Waals surface area contributed by atoms with Crippen LogP contribution in [0.1, 0.15) is 19.8 Å². The lowest BCUT2D eigenvalue weighted by molar-refractivity contribution is -0.147. The Morgan fingerprint density at radius 1 is 1.00 bits per heavy atom. The third kappa shape index (κ3) is 15.7. The van der Waals surface area contributed by atoms with Crippen molar-refractivity contribution >= 4 is 11.9 Å². The Labute approximate surface area is 110 Å². The van der Waals surface area contributed by atoms with Gasteiger partial charge in [0.05, 0.1) is 0 Å². The molecule has 0 saturated heterocycles. The summed E-state index contributed by atoms with van der Waals surface area (Å²) in [4.78, 5) is 18.9. The molecule has 0 aliphatic heterocycles. The molecule has 7 heteroatoms. The van der Waals surface area contributed by atoms with Gasteiger partial charge in [0.15, 0.2) is 11.5 Å². The largest absolute Gasteiger partial charge is 0.504 e. The molecule has 1 aromatic carbocycles. The van der Waals surface area contributed by atoms with Crippen molar-refractivity contribution in [2.45, 2.75) is 19.8 Å². The minimum atomic E-state index is -1.31. The van der Waals surface area contributed by atoms with Crippen LogP contribution in [0.4, 0.5) is 0 Å². The minimum absolute atomic E-state index is 0.0764. The summed E-state index contributed by atoms with van der Waals surface area (Å²) in [5.74, 6) is -2.78. The summed E-state index contributed by atoms with van der Waals surface area (Å²) in [6.07, 6.45) is 0.0694. The quantitative estimate of drug-likeness (QED) is 0.410. The Hall–Kier alpha value is -2.28. The number of carboxylic acid groups (broad SMARTS) is 2. The number of phenolic OH excluding ortho intramolecular Hbond substituents is 2. The van der Waals surface area contributed by atoms with E-state index in [9.17, 15) is 9.59 Å². The van der Waals surface area contributed by atoms with Crippen LogP contribution < -0.4 is 0 Å². The maximum absolute atomic E-state index is 9.43. The summed E-state index contributed by atoms with van der Waals surface area (Å²) in [6.45, 7) is 2.25. The van der Waals surface area contributed by atoms with E-state index in [0.717, 1.165) is 6.42 Å². The molecule has 0 aliphatic rings. The van der Waals surface area contributed by atoms with Gasteiger partial charge in [-0.25, -0.2) is 0 Å². The van der Waals surface area contributed by atoms with E-state index < -0.39 is 18.4 Å². The van der Waals surface area contributed by atoms with Crippen molar-refractivity contribution < 1.29 is 35.1 Å². The molecule has 0 aliphatic carbocycles. The van der Waals surface area contributed by atoms with E-state index in [0.29, 0.717) is 6.61 Å². The highest BCUT2D eigenvalue weighted by Crippen LogP contribution is 2.21. The van der Waals surface area contributed by atoms with Gasteiger partial charge in [-0.2, -0.15) is 0 Å². The van der Waals surface area contributed by atoms with Crippen molar-refractivity contribution in [3.8, 4) is 11.5 Å². The zero-order valence-electron chi connectivity index (χ0n) is 10.5. The molecule has 0 spiro atoms. The predicted molar refractivity (Wildman–Crippen MR) is 67.0 cm³/mol. The van der Waals surface area contributed by atoms with Gasteiger partial charge in [-0.15, -0.1) is 0 Å². The Morgan fingerprint density at radius 2 is 1.32 bits per heavy atom. The van der Waals surface area contributed by atoms with E-state index in [4.69, 9.17) is 25.5 Å². The number of aromatic hydroxyl groups is 2. The normalized spacial score (nSPS) is 8.32. The Kier molecular flexibility index (Phi) is 12.2. The number of rotatable bonds is 3. The zero-order chi connectivity index (χ0) is 15.3. The predicted octanol–water partition coefficient (Wildman–Crippen LogP) is 1.03. The van der Waals surface area contributed by atoms with Crippen LogP contribution in [-0.2, 0) is 9.59 Å². The molecule has 108 valence electrons. The lowest BCUT2D eigenvalue weighted by atomic mass is 10.3. The third-order valence-corrected chi connectivity index (χ3v) is 1.41. The first kappa shape index (κ1) is 19.1. The number of aliphatic hydroxyl groups excluding tert-OH is 1. The van der Waals surface area contributed by atoms with Gasteiger partial charge in [0, 0.05) is 6.61 Å². The maximum Gasteiger partial charge on any atom is 0.314 e. The summed E-state index contributed by atoms with van der Waals surface area (Å²) < 4.78 is 0. The molecule has 0 saturated carbocycles. The molecule has 1 rings (SSSR count). The van der Waals surface area contributed by atoms with Crippen molar-refractivity contribution in [3.05, 3.63) is 24.3 Å². The molecule has 0 bridgehead atoms.